The number of Topliss-reactive ketones (excluding diaryl/α,β-unsaturated/α-hetero) is 1. The number of hydrogen-bond donors (Lipinski definition) is 1. The Labute approximate surface area is 134 Å². The molecule has 6 nitrogen and oxygen atoms in total. The van der Waals surface area contributed by atoms with Gasteiger partial charge in [0.25, 0.3) is 0 Å². The molecule has 1 aliphatic heterocycles. The number of piperidine rings is 1. The second-order valence-electron chi connectivity index (χ2n) is 6.45. The second kappa shape index (κ2) is 5.68. The molecule has 1 N–H and O–H groups in total. The lowest BCUT2D eigenvalue weighted by Crippen LogP contribution is -2.50. The number of methoxy groups -OCH3 is 1. The number of ether oxygens (including phenoxy) is 1. The van der Waals surface area contributed by atoms with Gasteiger partial charge in [-0.1, -0.05) is 12.1 Å². The molecule has 1 aromatic carbocycles. The second-order valence-corrected chi connectivity index (χ2v) is 6.45. The number of likely N-dealkylation sites (tertiary alicyclic amines) is 1. The van der Waals surface area contributed by atoms with Crippen LogP contribution >= 0.6 is 0 Å². The van der Waals surface area contributed by atoms with E-state index in [1.165, 1.54) is 12.0 Å². The maximum absolute atomic E-state index is 11.5. The van der Waals surface area contributed by atoms with E-state index < -0.39 is 12.1 Å². The van der Waals surface area contributed by atoms with Gasteiger partial charge < -0.3 is 14.7 Å². The van der Waals surface area contributed by atoms with Crippen LogP contribution in [-0.2, 0) is 9.53 Å². The van der Waals surface area contributed by atoms with Crippen molar-refractivity contribution in [2.45, 2.75) is 31.7 Å². The number of nitrogens with zero attached hydrogens (tertiary/aromatic N) is 1. The molecule has 1 aliphatic carbocycles. The summed E-state index contributed by atoms with van der Waals surface area (Å²) in [6, 6.07) is 6.56. The first-order chi connectivity index (χ1) is 10.9. The van der Waals surface area contributed by atoms with Crippen molar-refractivity contribution in [3.05, 3.63) is 35.4 Å². The summed E-state index contributed by atoms with van der Waals surface area (Å²) in [7, 11) is 1.32. The van der Waals surface area contributed by atoms with Crippen LogP contribution in [0.15, 0.2) is 24.3 Å². The zero-order chi connectivity index (χ0) is 16.6. The number of carbonyl (C=O) groups excluding carboxylic acids is 2. The lowest BCUT2D eigenvalue weighted by atomic mass is 9.60. The summed E-state index contributed by atoms with van der Waals surface area (Å²) in [5.74, 6) is -0.162. The van der Waals surface area contributed by atoms with Gasteiger partial charge in [-0.2, -0.15) is 0 Å². The van der Waals surface area contributed by atoms with Crippen LogP contribution in [0.5, 0.6) is 0 Å². The Morgan fingerprint density at radius 2 is 1.91 bits per heavy atom. The van der Waals surface area contributed by atoms with Gasteiger partial charge in [0.15, 0.2) is 0 Å². The molecule has 122 valence electrons. The lowest BCUT2D eigenvalue weighted by molar-refractivity contribution is -0.136. The van der Waals surface area contributed by atoms with Crippen molar-refractivity contribution >= 4 is 17.8 Å². The van der Waals surface area contributed by atoms with Crippen LogP contribution in [0.25, 0.3) is 0 Å². The van der Waals surface area contributed by atoms with Crippen LogP contribution in [0.3, 0.4) is 0 Å². The van der Waals surface area contributed by atoms with Crippen molar-refractivity contribution in [2.24, 2.45) is 5.41 Å². The molecular weight excluding hydrogens is 298 g/mol. The Balaban J connectivity index is 1.85. The topological polar surface area (TPSA) is 83.9 Å². The van der Waals surface area contributed by atoms with Crippen LogP contribution in [0.1, 0.15) is 47.6 Å². The fourth-order valence-electron chi connectivity index (χ4n) is 3.73. The Kier molecular flexibility index (Phi) is 3.83. The van der Waals surface area contributed by atoms with E-state index in [1.54, 1.807) is 24.3 Å². The van der Waals surface area contributed by atoms with Gasteiger partial charge in [-0.15, -0.1) is 0 Å². The number of hydrogen-bond acceptors (Lipinski definition) is 4. The van der Waals surface area contributed by atoms with Crippen LogP contribution in [0.4, 0.5) is 4.79 Å². The molecule has 23 heavy (non-hydrogen) atoms. The maximum Gasteiger partial charge on any atom is 0.407 e. The molecule has 1 saturated heterocycles. The van der Waals surface area contributed by atoms with Gasteiger partial charge in [-0.05, 0) is 36.0 Å². The first-order valence-electron chi connectivity index (χ1n) is 7.64. The molecular formula is C17H19NO5. The summed E-state index contributed by atoms with van der Waals surface area (Å²) in [6.07, 6.45) is 1.55. The molecule has 0 radical (unpaired) electrons. The molecule has 1 amide bonds. The lowest BCUT2D eigenvalue weighted by Gasteiger charge is -2.50. The third-order valence-electron chi connectivity index (χ3n) is 4.99. The van der Waals surface area contributed by atoms with Crippen molar-refractivity contribution in [2.75, 3.05) is 13.7 Å². The first-order valence-corrected chi connectivity index (χ1v) is 7.64. The standard InChI is InChI=1S/C17H19NO5/c1-23-15(20)12-4-2-11(3-5-12)14-10-17(8-13(19)9-17)6-7-18(14)16(21)22/h2-5,14H,6-10H2,1H3,(H,21,22). The molecule has 1 aromatic rings. The van der Waals surface area contributed by atoms with Crippen molar-refractivity contribution in [3.8, 4) is 0 Å². The molecule has 1 spiro atoms. The minimum Gasteiger partial charge on any atom is -0.465 e. The van der Waals surface area contributed by atoms with E-state index in [2.05, 4.69) is 4.74 Å². The van der Waals surface area contributed by atoms with Crippen molar-refractivity contribution in [1.82, 2.24) is 4.90 Å². The fourth-order valence-corrected chi connectivity index (χ4v) is 3.73. The van der Waals surface area contributed by atoms with Crippen LogP contribution in [-0.4, -0.2) is 41.5 Å². The highest BCUT2D eigenvalue weighted by atomic mass is 16.5. The Bertz CT molecular complexity index is 643. The van der Waals surface area contributed by atoms with Crippen LogP contribution < -0.4 is 0 Å². The molecule has 2 fully saturated rings. The van der Waals surface area contributed by atoms with Gasteiger partial charge in [0.05, 0.1) is 18.7 Å². The van der Waals surface area contributed by atoms with Crippen LogP contribution in [0.2, 0.25) is 0 Å². The highest BCUT2D eigenvalue weighted by molar-refractivity contribution is 5.89. The number of amides is 1. The molecule has 1 saturated carbocycles. The van der Waals surface area contributed by atoms with E-state index >= 15 is 0 Å². The third kappa shape index (κ3) is 2.81. The van der Waals surface area contributed by atoms with Gasteiger partial charge in [0, 0.05) is 19.4 Å². The first kappa shape index (κ1) is 15.5. The summed E-state index contributed by atoms with van der Waals surface area (Å²) in [6.45, 7) is 0.437. The maximum atomic E-state index is 11.5. The van der Waals surface area contributed by atoms with Crippen molar-refractivity contribution in [3.63, 3.8) is 0 Å². The zero-order valence-corrected chi connectivity index (χ0v) is 12.9. The monoisotopic (exact) mass is 317 g/mol. The van der Waals surface area contributed by atoms with Gasteiger partial charge in [-0.25, -0.2) is 9.59 Å². The molecule has 1 atom stereocenters. The van der Waals surface area contributed by atoms with Gasteiger partial charge >= 0.3 is 12.1 Å². The number of benzene rings is 1. The number of esters is 1. The summed E-state index contributed by atoms with van der Waals surface area (Å²) in [4.78, 5) is 35.9. The van der Waals surface area contributed by atoms with E-state index in [1.807, 2.05) is 0 Å². The molecule has 1 unspecified atom stereocenters. The summed E-state index contributed by atoms with van der Waals surface area (Å²) in [5.41, 5.74) is 1.23. The van der Waals surface area contributed by atoms with E-state index in [0.717, 1.165) is 12.0 Å². The predicted molar refractivity (Wildman–Crippen MR) is 81.2 cm³/mol. The molecule has 6 heteroatoms. The number of ketones is 1. The van der Waals surface area contributed by atoms with Crippen molar-refractivity contribution in [1.29, 1.82) is 0 Å². The number of rotatable bonds is 2. The molecule has 3 rings (SSSR count). The van der Waals surface area contributed by atoms with E-state index in [9.17, 15) is 19.5 Å². The van der Waals surface area contributed by atoms with Crippen LogP contribution in [0, 0.1) is 5.41 Å². The molecule has 2 aliphatic rings. The van der Waals surface area contributed by atoms with E-state index in [4.69, 9.17) is 0 Å². The average molecular weight is 317 g/mol. The Morgan fingerprint density at radius 3 is 2.43 bits per heavy atom. The van der Waals surface area contributed by atoms with Gasteiger partial charge in [-0.3, -0.25) is 4.79 Å². The molecule has 0 bridgehead atoms. The summed E-state index contributed by atoms with van der Waals surface area (Å²) >= 11 is 0. The van der Waals surface area contributed by atoms with E-state index in [-0.39, 0.29) is 17.2 Å². The minimum atomic E-state index is -0.951. The Hall–Kier alpha value is -2.37. The highest BCUT2D eigenvalue weighted by Gasteiger charge is 2.49. The number of carbonyl (C=O) groups is 3. The Morgan fingerprint density at radius 1 is 1.26 bits per heavy atom. The zero-order valence-electron chi connectivity index (χ0n) is 12.9. The van der Waals surface area contributed by atoms with Crippen molar-refractivity contribution < 1.29 is 24.2 Å². The number of carboxylic acid groups (broad SMARTS) is 1. The highest BCUT2D eigenvalue weighted by Crippen LogP contribution is 2.52. The largest absolute Gasteiger partial charge is 0.465 e. The summed E-state index contributed by atoms with van der Waals surface area (Å²) in [5, 5.41) is 9.45. The van der Waals surface area contributed by atoms with E-state index in [0.29, 0.717) is 31.4 Å². The minimum absolute atomic E-state index is 0.0469. The average Bonchev–Trinajstić information content (AvgIpc) is 2.52. The molecule has 1 heterocycles. The SMILES string of the molecule is COC(=O)c1ccc(C2CC3(CCN2C(=O)O)CC(=O)C3)cc1. The van der Waals surface area contributed by atoms with Gasteiger partial charge in [0.1, 0.15) is 5.78 Å². The quantitative estimate of drug-likeness (QED) is 0.848. The smallest absolute Gasteiger partial charge is 0.407 e. The normalized spacial score (nSPS) is 22.6. The third-order valence-corrected chi connectivity index (χ3v) is 4.99. The van der Waals surface area contributed by atoms with Gasteiger partial charge in [0.2, 0.25) is 0 Å². The fraction of sp³-hybridized carbons (Fsp3) is 0.471. The molecule has 0 aromatic heterocycles. The predicted octanol–water partition coefficient (Wildman–Crippen LogP) is 2.64. The summed E-state index contributed by atoms with van der Waals surface area (Å²) < 4.78 is 4.67.